The second kappa shape index (κ2) is 8.43. The molecule has 3 N–H and O–H groups in total. The summed E-state index contributed by atoms with van der Waals surface area (Å²) in [4.78, 5) is 26.5. The minimum Gasteiger partial charge on any atom is -0.393 e. The molecule has 1 aromatic heterocycles. The number of aliphatic hydroxyl groups is 1. The fourth-order valence-corrected chi connectivity index (χ4v) is 3.14. The zero-order chi connectivity index (χ0) is 20.3. The molecule has 0 aliphatic carbocycles. The van der Waals surface area contributed by atoms with Crippen LogP contribution in [-0.4, -0.2) is 50.9 Å². The van der Waals surface area contributed by atoms with Gasteiger partial charge in [0.1, 0.15) is 5.69 Å². The van der Waals surface area contributed by atoms with Crippen LogP contribution < -0.4 is 10.6 Å². The number of carbonyl (C=O) groups is 2. The van der Waals surface area contributed by atoms with E-state index in [9.17, 15) is 14.7 Å². The van der Waals surface area contributed by atoms with Crippen molar-refractivity contribution in [2.24, 2.45) is 7.05 Å². The Morgan fingerprint density at radius 3 is 2.39 bits per heavy atom. The fraction of sp³-hybridized carbons (Fsp3) is 0.450. The van der Waals surface area contributed by atoms with Gasteiger partial charge in [0.2, 0.25) is 0 Å². The van der Waals surface area contributed by atoms with Gasteiger partial charge in [-0.1, -0.05) is 26.0 Å². The molecule has 1 aliphatic heterocycles. The smallest absolute Gasteiger partial charge is 0.323 e. The van der Waals surface area contributed by atoms with E-state index >= 15 is 0 Å². The van der Waals surface area contributed by atoms with E-state index in [-0.39, 0.29) is 18.0 Å². The number of benzene rings is 1. The number of urea groups is 1. The third-order valence-corrected chi connectivity index (χ3v) is 4.93. The van der Waals surface area contributed by atoms with Crippen molar-refractivity contribution in [1.29, 1.82) is 0 Å². The van der Waals surface area contributed by atoms with E-state index in [4.69, 9.17) is 0 Å². The topological polar surface area (TPSA) is 99.5 Å². The van der Waals surface area contributed by atoms with Crippen LogP contribution >= 0.6 is 0 Å². The first kappa shape index (κ1) is 19.9. The first-order chi connectivity index (χ1) is 13.3. The molecule has 1 aliphatic rings. The lowest BCUT2D eigenvalue weighted by Gasteiger charge is -2.29. The summed E-state index contributed by atoms with van der Waals surface area (Å²) < 4.78 is 1.44. The molecule has 0 spiro atoms. The monoisotopic (exact) mass is 385 g/mol. The van der Waals surface area contributed by atoms with Gasteiger partial charge in [-0.25, -0.2) is 4.79 Å². The van der Waals surface area contributed by atoms with E-state index in [1.165, 1.54) is 10.2 Å². The molecule has 2 aromatic rings. The Kier molecular flexibility index (Phi) is 5.99. The highest BCUT2D eigenvalue weighted by Gasteiger charge is 2.22. The summed E-state index contributed by atoms with van der Waals surface area (Å²) in [6, 6.07) is 9.00. The summed E-state index contributed by atoms with van der Waals surface area (Å²) in [5.74, 6) is 0.448. The molecule has 8 heteroatoms. The number of aryl methyl sites for hydroxylation is 1. The van der Waals surface area contributed by atoms with Crippen LogP contribution in [0.2, 0.25) is 0 Å². The number of rotatable bonds is 4. The third-order valence-electron chi connectivity index (χ3n) is 4.93. The molecule has 0 bridgehead atoms. The number of aromatic nitrogens is 2. The molecule has 2 heterocycles. The molecular weight excluding hydrogens is 358 g/mol. The van der Waals surface area contributed by atoms with Crippen LogP contribution in [-0.2, 0) is 7.05 Å². The van der Waals surface area contributed by atoms with Crippen molar-refractivity contribution < 1.29 is 14.7 Å². The molecule has 3 rings (SSSR count). The standard InChI is InChI=1S/C20H27N5O3/c1-13(2)14-4-6-15(7-5-14)21-19(27)17-12-18(23-24(17)3)22-20(28)25-10-8-16(26)9-11-25/h4-7,12-13,16,26H,8-11H2,1-3H3,(H,21,27)(H,22,23,28). The molecule has 150 valence electrons. The minimum absolute atomic E-state index is 0.277. The Bertz CT molecular complexity index is 836. The Morgan fingerprint density at radius 1 is 1.14 bits per heavy atom. The number of aliphatic hydroxyl groups excluding tert-OH is 1. The first-order valence-electron chi connectivity index (χ1n) is 9.53. The van der Waals surface area contributed by atoms with E-state index in [2.05, 4.69) is 29.6 Å². The van der Waals surface area contributed by atoms with E-state index in [1.807, 2.05) is 24.3 Å². The van der Waals surface area contributed by atoms with Crippen LogP contribution in [0, 0.1) is 0 Å². The van der Waals surface area contributed by atoms with Crippen molar-refractivity contribution in [3.63, 3.8) is 0 Å². The number of likely N-dealkylation sites (tertiary alicyclic amines) is 1. The van der Waals surface area contributed by atoms with Gasteiger partial charge < -0.3 is 15.3 Å². The zero-order valence-electron chi connectivity index (χ0n) is 16.5. The molecule has 3 amide bonds. The predicted octanol–water partition coefficient (Wildman–Crippen LogP) is 2.78. The fourth-order valence-electron chi connectivity index (χ4n) is 3.14. The maximum absolute atomic E-state index is 12.6. The summed E-state index contributed by atoms with van der Waals surface area (Å²) in [5, 5.41) is 19.3. The molecule has 0 unspecified atom stereocenters. The number of nitrogens with one attached hydrogen (secondary N) is 2. The lowest BCUT2D eigenvalue weighted by atomic mass is 10.0. The maximum atomic E-state index is 12.6. The molecule has 1 fully saturated rings. The number of piperidine rings is 1. The number of carbonyl (C=O) groups excluding carboxylic acids is 2. The minimum atomic E-state index is -0.344. The van der Waals surface area contributed by atoms with E-state index in [0.29, 0.717) is 49.0 Å². The highest BCUT2D eigenvalue weighted by molar-refractivity contribution is 6.04. The van der Waals surface area contributed by atoms with Crippen molar-refractivity contribution >= 4 is 23.4 Å². The quantitative estimate of drug-likeness (QED) is 0.753. The molecule has 0 atom stereocenters. The molecule has 28 heavy (non-hydrogen) atoms. The zero-order valence-corrected chi connectivity index (χ0v) is 16.5. The lowest BCUT2D eigenvalue weighted by molar-refractivity contribution is 0.0970. The van der Waals surface area contributed by atoms with Crippen LogP contribution in [0.5, 0.6) is 0 Å². The lowest BCUT2D eigenvalue weighted by Crippen LogP contribution is -2.42. The Morgan fingerprint density at radius 2 is 1.79 bits per heavy atom. The average molecular weight is 385 g/mol. The van der Waals surface area contributed by atoms with Gasteiger partial charge in [0.05, 0.1) is 6.10 Å². The van der Waals surface area contributed by atoms with Crippen molar-refractivity contribution in [1.82, 2.24) is 14.7 Å². The SMILES string of the molecule is CC(C)c1ccc(NC(=O)c2cc(NC(=O)N3CCC(O)CC3)nn2C)cc1. The molecule has 0 radical (unpaired) electrons. The van der Waals surface area contributed by atoms with Crippen molar-refractivity contribution in [3.05, 3.63) is 41.6 Å². The highest BCUT2D eigenvalue weighted by atomic mass is 16.3. The van der Waals surface area contributed by atoms with Gasteiger partial charge in [-0.3, -0.25) is 14.8 Å². The van der Waals surface area contributed by atoms with Gasteiger partial charge in [-0.05, 0) is 36.5 Å². The largest absolute Gasteiger partial charge is 0.393 e. The van der Waals surface area contributed by atoms with Crippen LogP contribution in [0.1, 0.15) is 48.7 Å². The van der Waals surface area contributed by atoms with E-state index in [0.717, 1.165) is 0 Å². The van der Waals surface area contributed by atoms with E-state index < -0.39 is 0 Å². The van der Waals surface area contributed by atoms with Crippen LogP contribution in [0.25, 0.3) is 0 Å². The summed E-state index contributed by atoms with van der Waals surface area (Å²) in [5.41, 5.74) is 2.25. The normalized spacial score (nSPS) is 15.0. The Balaban J connectivity index is 1.62. The number of hydrogen-bond donors (Lipinski definition) is 3. The summed E-state index contributed by atoms with van der Waals surface area (Å²) >= 11 is 0. The second-order valence-electron chi connectivity index (χ2n) is 7.42. The van der Waals surface area contributed by atoms with E-state index in [1.54, 1.807) is 18.0 Å². The van der Waals surface area contributed by atoms with Crippen LogP contribution in [0.4, 0.5) is 16.3 Å². The van der Waals surface area contributed by atoms with Gasteiger partial charge in [-0.2, -0.15) is 5.10 Å². The molecule has 8 nitrogen and oxygen atoms in total. The van der Waals surface area contributed by atoms with Gasteiger partial charge in [-0.15, -0.1) is 0 Å². The summed E-state index contributed by atoms with van der Waals surface area (Å²) in [6.07, 6.45) is 0.793. The second-order valence-corrected chi connectivity index (χ2v) is 7.42. The molecule has 1 saturated heterocycles. The first-order valence-corrected chi connectivity index (χ1v) is 9.53. The number of nitrogens with zero attached hydrogens (tertiary/aromatic N) is 3. The van der Waals surface area contributed by atoms with Crippen molar-refractivity contribution in [2.75, 3.05) is 23.7 Å². The van der Waals surface area contributed by atoms with Gasteiger partial charge >= 0.3 is 6.03 Å². The predicted molar refractivity (Wildman–Crippen MR) is 108 cm³/mol. The van der Waals surface area contributed by atoms with Crippen LogP contribution in [0.3, 0.4) is 0 Å². The summed E-state index contributed by atoms with van der Waals surface area (Å²) in [6.45, 7) is 5.23. The van der Waals surface area contributed by atoms with Crippen molar-refractivity contribution in [2.45, 2.75) is 38.7 Å². The Labute approximate surface area is 164 Å². The van der Waals surface area contributed by atoms with Gasteiger partial charge in [0.25, 0.3) is 5.91 Å². The summed E-state index contributed by atoms with van der Waals surface area (Å²) in [7, 11) is 1.66. The number of hydrogen-bond acceptors (Lipinski definition) is 4. The third kappa shape index (κ3) is 4.69. The number of amides is 3. The maximum Gasteiger partial charge on any atom is 0.323 e. The van der Waals surface area contributed by atoms with Gasteiger partial charge in [0, 0.05) is 31.9 Å². The average Bonchev–Trinajstić information content (AvgIpc) is 3.03. The molecule has 0 saturated carbocycles. The Hall–Kier alpha value is -2.87. The van der Waals surface area contributed by atoms with Gasteiger partial charge in [0.15, 0.2) is 5.82 Å². The molecular formula is C20H27N5O3. The number of anilines is 2. The van der Waals surface area contributed by atoms with Crippen molar-refractivity contribution in [3.8, 4) is 0 Å². The van der Waals surface area contributed by atoms with Crippen LogP contribution in [0.15, 0.2) is 30.3 Å². The molecule has 1 aromatic carbocycles. The highest BCUT2D eigenvalue weighted by Crippen LogP contribution is 2.18.